The van der Waals surface area contributed by atoms with E-state index in [0.29, 0.717) is 0 Å². The van der Waals surface area contributed by atoms with Crippen LogP contribution in [-0.4, -0.2) is 19.3 Å². The van der Waals surface area contributed by atoms with Gasteiger partial charge in [0.1, 0.15) is 11.5 Å². The van der Waals surface area contributed by atoms with E-state index in [1.54, 1.807) is 14.2 Å². The molecule has 0 aromatic heterocycles. The van der Waals surface area contributed by atoms with Gasteiger partial charge >= 0.3 is 0 Å². The predicted molar refractivity (Wildman–Crippen MR) is 126 cm³/mol. The Morgan fingerprint density at radius 2 is 1.03 bits per heavy atom. The lowest BCUT2D eigenvalue weighted by Crippen LogP contribution is -2.35. The van der Waals surface area contributed by atoms with Gasteiger partial charge in [0.25, 0.3) is 0 Å². The molecule has 0 fully saturated rings. The third-order valence-corrected chi connectivity index (χ3v) is 6.62. The van der Waals surface area contributed by atoms with E-state index >= 15 is 0 Å². The molecule has 4 heteroatoms. The van der Waals surface area contributed by atoms with E-state index in [1.165, 1.54) is 10.4 Å². The zero-order valence-corrected chi connectivity index (χ0v) is 18.8. The Bertz CT molecular complexity index is 1180. The van der Waals surface area contributed by atoms with Crippen molar-refractivity contribution < 1.29 is 14.7 Å². The third-order valence-electron chi connectivity index (χ3n) is 6.62. The van der Waals surface area contributed by atoms with Crippen molar-refractivity contribution in [2.45, 2.75) is 25.9 Å². The first-order chi connectivity index (χ1) is 15.5. The van der Waals surface area contributed by atoms with Crippen molar-refractivity contribution in [3.63, 3.8) is 0 Å². The minimum absolute atomic E-state index is 0.411. The summed E-state index contributed by atoms with van der Waals surface area (Å²) in [6.07, 6.45) is 0. The monoisotopic (exact) mass is 424 g/mol. The zero-order chi connectivity index (χ0) is 22.4. The summed E-state index contributed by atoms with van der Waals surface area (Å²) in [7, 11) is 3.30. The van der Waals surface area contributed by atoms with Gasteiger partial charge in [0, 0.05) is 0 Å². The van der Waals surface area contributed by atoms with Crippen LogP contribution in [0.5, 0.6) is 11.5 Å². The highest BCUT2D eigenvalue weighted by molar-refractivity contribution is 5.93. The topological polar surface area (TPSA) is 41.6 Å². The third kappa shape index (κ3) is 3.15. The van der Waals surface area contributed by atoms with Crippen molar-refractivity contribution in [2.75, 3.05) is 14.2 Å². The zero-order valence-electron chi connectivity index (χ0n) is 18.8. The summed E-state index contributed by atoms with van der Waals surface area (Å²) in [4.78, 5) is 0. The van der Waals surface area contributed by atoms with Crippen molar-refractivity contribution in [2.24, 2.45) is 0 Å². The quantitative estimate of drug-likeness (QED) is 0.385. The molecule has 1 aliphatic rings. The van der Waals surface area contributed by atoms with Gasteiger partial charge in [-0.3, -0.25) is 0 Å². The van der Waals surface area contributed by atoms with Crippen LogP contribution in [0.2, 0.25) is 0 Å². The van der Waals surface area contributed by atoms with Gasteiger partial charge in [-0.25, -0.2) is 0 Å². The van der Waals surface area contributed by atoms with Crippen molar-refractivity contribution in [1.82, 2.24) is 5.06 Å². The van der Waals surface area contributed by atoms with Gasteiger partial charge in [-0.1, -0.05) is 48.5 Å². The van der Waals surface area contributed by atoms with E-state index in [-0.39, 0.29) is 0 Å². The summed E-state index contributed by atoms with van der Waals surface area (Å²) in [5.41, 5.74) is 6.35. The van der Waals surface area contributed by atoms with E-state index in [9.17, 15) is 5.21 Å². The standard InChI is InChI=1S/C28H26NO3/c1-17-5-7-19-8-6-18(2)25-26(19)24(17)27(20-9-13-22(31-3)14-10-20)29(30)28(25)21-11-15-23(32-4)16-12-21/h5-16,27-28H,1-4H3/t27-,28-/m0/s1. The first-order valence-electron chi connectivity index (χ1n) is 10.8. The molecule has 0 saturated heterocycles. The largest absolute Gasteiger partial charge is 0.497 e. The van der Waals surface area contributed by atoms with Gasteiger partial charge in [-0.15, -0.1) is 10.3 Å². The van der Waals surface area contributed by atoms with Crippen LogP contribution in [0.3, 0.4) is 0 Å². The molecule has 0 amide bonds. The number of ether oxygens (including phenoxy) is 2. The molecule has 32 heavy (non-hydrogen) atoms. The number of hydrogen-bond acceptors (Lipinski definition) is 3. The molecule has 0 bridgehead atoms. The fourth-order valence-electron chi connectivity index (χ4n) is 4.99. The summed E-state index contributed by atoms with van der Waals surface area (Å²) in [5.74, 6) is 1.56. The average molecular weight is 425 g/mol. The second-order valence-electron chi connectivity index (χ2n) is 8.40. The summed E-state index contributed by atoms with van der Waals surface area (Å²) in [5, 5.41) is 17.8. The van der Waals surface area contributed by atoms with E-state index in [1.807, 2.05) is 48.5 Å². The highest BCUT2D eigenvalue weighted by atomic mass is 16.5. The fraction of sp³-hybridized carbons (Fsp3) is 0.214. The molecule has 4 nitrogen and oxygen atoms in total. The molecule has 0 N–H and O–H groups in total. The number of methoxy groups -OCH3 is 2. The molecule has 0 aliphatic carbocycles. The molecule has 0 spiro atoms. The number of hydrogen-bond donors (Lipinski definition) is 0. The van der Waals surface area contributed by atoms with Gasteiger partial charge in [-0.2, -0.15) is 0 Å². The fourth-order valence-corrected chi connectivity index (χ4v) is 4.99. The van der Waals surface area contributed by atoms with Gasteiger partial charge < -0.3 is 9.47 Å². The van der Waals surface area contributed by atoms with Gasteiger partial charge in [0.2, 0.25) is 0 Å². The van der Waals surface area contributed by atoms with Crippen LogP contribution in [0.25, 0.3) is 10.8 Å². The normalized spacial score (nSPS) is 18.0. The van der Waals surface area contributed by atoms with Crippen LogP contribution >= 0.6 is 0 Å². The molecule has 4 aromatic rings. The van der Waals surface area contributed by atoms with Crippen LogP contribution in [-0.2, 0) is 5.21 Å². The number of nitrogens with zero attached hydrogens (tertiary/aromatic N) is 1. The molecule has 2 atom stereocenters. The van der Waals surface area contributed by atoms with Crippen LogP contribution in [0.15, 0.2) is 72.8 Å². The number of rotatable bonds is 4. The molecular weight excluding hydrogens is 398 g/mol. The lowest BCUT2D eigenvalue weighted by atomic mass is 9.78. The first-order valence-corrected chi connectivity index (χ1v) is 10.8. The lowest BCUT2D eigenvalue weighted by molar-refractivity contribution is -0.204. The molecule has 1 heterocycles. The Morgan fingerprint density at radius 1 is 0.625 bits per heavy atom. The highest BCUT2D eigenvalue weighted by Gasteiger charge is 2.39. The number of benzene rings is 4. The molecular formula is C28H26NO3. The van der Waals surface area contributed by atoms with E-state index in [0.717, 1.165) is 50.3 Å². The van der Waals surface area contributed by atoms with Gasteiger partial charge in [-0.05, 0) is 82.3 Å². The summed E-state index contributed by atoms with van der Waals surface area (Å²) < 4.78 is 10.7. The molecule has 161 valence electrons. The summed E-state index contributed by atoms with van der Waals surface area (Å²) >= 11 is 0. The summed E-state index contributed by atoms with van der Waals surface area (Å²) in [6, 6.07) is 23.4. The number of hydroxylamine groups is 2. The van der Waals surface area contributed by atoms with Crippen LogP contribution in [0.1, 0.15) is 45.5 Å². The molecule has 1 aliphatic heterocycles. The average Bonchev–Trinajstić information content (AvgIpc) is 2.83. The maximum absolute atomic E-state index is 14.2. The van der Waals surface area contributed by atoms with Crippen molar-refractivity contribution in [1.29, 1.82) is 0 Å². The van der Waals surface area contributed by atoms with Crippen molar-refractivity contribution in [3.05, 3.63) is 106 Å². The lowest BCUT2D eigenvalue weighted by Gasteiger charge is -2.40. The van der Waals surface area contributed by atoms with Gasteiger partial charge in [0.05, 0.1) is 26.3 Å². The Morgan fingerprint density at radius 3 is 1.41 bits per heavy atom. The maximum atomic E-state index is 14.2. The Kier molecular flexibility index (Phi) is 5.12. The second kappa shape index (κ2) is 7.97. The SMILES string of the molecule is COc1ccc([C@H]2c3c(C)ccc4ccc(C)c(c34)[C@H](c3ccc(OC)cc3)N2[O])cc1. The molecule has 4 aromatic carbocycles. The Balaban J connectivity index is 1.81. The van der Waals surface area contributed by atoms with Gasteiger partial charge in [0.15, 0.2) is 0 Å². The number of aryl methyl sites for hydroxylation is 2. The maximum Gasteiger partial charge on any atom is 0.118 e. The van der Waals surface area contributed by atoms with Crippen molar-refractivity contribution in [3.8, 4) is 11.5 Å². The van der Waals surface area contributed by atoms with Crippen molar-refractivity contribution >= 4 is 10.8 Å². The van der Waals surface area contributed by atoms with E-state index in [2.05, 4.69) is 38.1 Å². The molecule has 0 unspecified atom stereocenters. The Labute approximate surface area is 188 Å². The van der Waals surface area contributed by atoms with Crippen LogP contribution in [0, 0.1) is 13.8 Å². The highest BCUT2D eigenvalue weighted by Crippen LogP contribution is 2.50. The Hall–Kier alpha value is -3.34. The van der Waals surface area contributed by atoms with E-state index < -0.39 is 12.1 Å². The van der Waals surface area contributed by atoms with Crippen LogP contribution < -0.4 is 9.47 Å². The molecule has 1 radical (unpaired) electrons. The smallest absolute Gasteiger partial charge is 0.118 e. The van der Waals surface area contributed by atoms with Crippen LogP contribution in [0.4, 0.5) is 0 Å². The molecule has 0 saturated carbocycles. The van der Waals surface area contributed by atoms with E-state index in [4.69, 9.17) is 9.47 Å². The minimum atomic E-state index is -0.411. The predicted octanol–water partition coefficient (Wildman–Crippen LogP) is 6.31. The second-order valence-corrected chi connectivity index (χ2v) is 8.40. The summed E-state index contributed by atoms with van der Waals surface area (Å²) in [6.45, 7) is 4.19. The minimum Gasteiger partial charge on any atom is -0.497 e. The molecule has 5 rings (SSSR count). The first kappa shape index (κ1) is 20.6.